The summed E-state index contributed by atoms with van der Waals surface area (Å²) in [6.07, 6.45) is 2.74. The highest BCUT2D eigenvalue weighted by Gasteiger charge is 2.24. The molecule has 0 aliphatic carbocycles. The first-order valence-corrected chi connectivity index (χ1v) is 7.37. The maximum Gasteiger partial charge on any atom is 0.222 e. The third kappa shape index (κ3) is 3.60. The van der Waals surface area contributed by atoms with Crippen LogP contribution in [0, 0.1) is 23.2 Å². The molecule has 106 valence electrons. The fourth-order valence-electron chi connectivity index (χ4n) is 2.85. The van der Waals surface area contributed by atoms with Crippen molar-refractivity contribution >= 4 is 5.91 Å². The molecule has 0 radical (unpaired) electrons. The number of hydrogen-bond donors (Lipinski definition) is 0. The molecule has 1 unspecified atom stereocenters. The van der Waals surface area contributed by atoms with Crippen LogP contribution in [0.1, 0.15) is 44.2 Å². The summed E-state index contributed by atoms with van der Waals surface area (Å²) in [5.41, 5.74) is 1.70. The average Bonchev–Trinajstić information content (AvgIpc) is 2.62. The van der Waals surface area contributed by atoms with Gasteiger partial charge in [-0.15, -0.1) is 0 Å². The van der Waals surface area contributed by atoms with E-state index in [0.717, 1.165) is 24.9 Å². The van der Waals surface area contributed by atoms with Gasteiger partial charge in [-0.1, -0.05) is 26.0 Å². The zero-order chi connectivity index (χ0) is 14.5. The van der Waals surface area contributed by atoms with Crippen molar-refractivity contribution in [3.63, 3.8) is 0 Å². The molecule has 3 heteroatoms. The van der Waals surface area contributed by atoms with Crippen LogP contribution in [-0.2, 0) is 11.3 Å². The summed E-state index contributed by atoms with van der Waals surface area (Å²) in [5, 5.41) is 8.93. The molecule has 1 aromatic carbocycles. The van der Waals surface area contributed by atoms with E-state index in [0.29, 0.717) is 30.4 Å². The zero-order valence-corrected chi connectivity index (χ0v) is 12.3. The number of carbonyl (C=O) groups excluding carboxylic acids is 1. The van der Waals surface area contributed by atoms with Crippen LogP contribution < -0.4 is 0 Å². The summed E-state index contributed by atoms with van der Waals surface area (Å²) in [5.74, 6) is 1.54. The van der Waals surface area contributed by atoms with Gasteiger partial charge in [-0.05, 0) is 42.4 Å². The summed E-state index contributed by atoms with van der Waals surface area (Å²) in [7, 11) is 0. The quantitative estimate of drug-likeness (QED) is 0.845. The Labute approximate surface area is 121 Å². The number of rotatable bonds is 3. The van der Waals surface area contributed by atoms with Crippen LogP contribution in [0.15, 0.2) is 24.3 Å². The van der Waals surface area contributed by atoms with Crippen LogP contribution in [0.2, 0.25) is 0 Å². The molecule has 0 bridgehead atoms. The Morgan fingerprint density at radius 2 is 2.20 bits per heavy atom. The highest BCUT2D eigenvalue weighted by atomic mass is 16.2. The Morgan fingerprint density at radius 1 is 1.40 bits per heavy atom. The van der Waals surface area contributed by atoms with Crippen LogP contribution in [-0.4, -0.2) is 17.4 Å². The van der Waals surface area contributed by atoms with E-state index in [1.165, 1.54) is 0 Å². The molecule has 1 aromatic rings. The fourth-order valence-corrected chi connectivity index (χ4v) is 2.85. The highest BCUT2D eigenvalue weighted by Crippen LogP contribution is 2.26. The third-order valence-electron chi connectivity index (χ3n) is 4.22. The van der Waals surface area contributed by atoms with Crippen molar-refractivity contribution in [2.24, 2.45) is 11.8 Å². The summed E-state index contributed by atoms with van der Waals surface area (Å²) >= 11 is 0. The van der Waals surface area contributed by atoms with Gasteiger partial charge in [-0.25, -0.2) is 0 Å². The van der Waals surface area contributed by atoms with Crippen LogP contribution >= 0.6 is 0 Å². The van der Waals surface area contributed by atoms with Crippen molar-refractivity contribution in [3.8, 4) is 6.07 Å². The first-order chi connectivity index (χ1) is 9.60. The topological polar surface area (TPSA) is 44.1 Å². The van der Waals surface area contributed by atoms with Crippen molar-refractivity contribution in [1.82, 2.24) is 4.90 Å². The lowest BCUT2D eigenvalue weighted by atomic mass is 9.89. The Morgan fingerprint density at radius 3 is 2.90 bits per heavy atom. The first-order valence-electron chi connectivity index (χ1n) is 7.37. The molecule has 3 nitrogen and oxygen atoms in total. The van der Waals surface area contributed by atoms with Gasteiger partial charge in [0, 0.05) is 19.5 Å². The van der Waals surface area contributed by atoms with E-state index >= 15 is 0 Å². The van der Waals surface area contributed by atoms with Crippen molar-refractivity contribution < 1.29 is 4.79 Å². The van der Waals surface area contributed by atoms with Gasteiger partial charge in [0.1, 0.15) is 0 Å². The molecule has 0 saturated carbocycles. The minimum atomic E-state index is 0.246. The Hall–Kier alpha value is -1.82. The summed E-state index contributed by atoms with van der Waals surface area (Å²) in [6, 6.07) is 9.68. The summed E-state index contributed by atoms with van der Waals surface area (Å²) in [6.45, 7) is 5.93. The van der Waals surface area contributed by atoms with Gasteiger partial charge in [0.2, 0.25) is 5.91 Å². The van der Waals surface area contributed by atoms with Gasteiger partial charge in [0.25, 0.3) is 0 Å². The van der Waals surface area contributed by atoms with Gasteiger partial charge >= 0.3 is 0 Å². The van der Waals surface area contributed by atoms with Crippen LogP contribution in [0.5, 0.6) is 0 Å². The molecule has 1 saturated heterocycles. The Balaban J connectivity index is 2.04. The van der Waals surface area contributed by atoms with Crippen molar-refractivity contribution in [1.29, 1.82) is 5.26 Å². The maximum absolute atomic E-state index is 12.2. The lowest BCUT2D eigenvalue weighted by Crippen LogP contribution is -2.29. The fraction of sp³-hybridized carbons (Fsp3) is 0.529. The standard InChI is InChI=1S/C17H22N2O/c1-13(2)16-6-7-17(20)19(9-8-16)12-15-5-3-4-14(10-15)11-18/h3-5,10,13,16H,6-9,12H2,1-2H3. The molecule has 1 heterocycles. The van der Waals surface area contributed by atoms with Gasteiger partial charge in [0.05, 0.1) is 11.6 Å². The van der Waals surface area contributed by atoms with E-state index in [9.17, 15) is 4.79 Å². The summed E-state index contributed by atoms with van der Waals surface area (Å²) in [4.78, 5) is 14.1. The minimum absolute atomic E-state index is 0.246. The molecule has 1 aliphatic rings. The minimum Gasteiger partial charge on any atom is -0.338 e. The van der Waals surface area contributed by atoms with Crippen LogP contribution in [0.3, 0.4) is 0 Å². The van der Waals surface area contributed by atoms with Crippen molar-refractivity contribution in [2.45, 2.75) is 39.7 Å². The monoisotopic (exact) mass is 270 g/mol. The van der Waals surface area contributed by atoms with Gasteiger partial charge < -0.3 is 4.90 Å². The molecule has 0 spiro atoms. The maximum atomic E-state index is 12.2. The van der Waals surface area contributed by atoms with Gasteiger partial charge in [-0.2, -0.15) is 5.26 Å². The number of carbonyl (C=O) groups is 1. The van der Waals surface area contributed by atoms with Gasteiger partial charge in [0.15, 0.2) is 0 Å². The number of amides is 1. The first kappa shape index (κ1) is 14.6. The zero-order valence-electron chi connectivity index (χ0n) is 12.3. The van der Waals surface area contributed by atoms with Crippen molar-refractivity contribution in [3.05, 3.63) is 35.4 Å². The lowest BCUT2D eigenvalue weighted by Gasteiger charge is -2.22. The molecular formula is C17H22N2O. The average molecular weight is 270 g/mol. The van der Waals surface area contributed by atoms with Gasteiger partial charge in [-0.3, -0.25) is 4.79 Å². The Kier molecular flexibility index (Phi) is 4.79. The molecule has 0 N–H and O–H groups in total. The Bertz CT molecular complexity index is 516. The second-order valence-corrected chi connectivity index (χ2v) is 5.96. The lowest BCUT2D eigenvalue weighted by molar-refractivity contribution is -0.131. The largest absolute Gasteiger partial charge is 0.338 e. The number of likely N-dealkylation sites (tertiary alicyclic amines) is 1. The smallest absolute Gasteiger partial charge is 0.222 e. The van der Waals surface area contributed by atoms with E-state index in [1.807, 2.05) is 23.1 Å². The molecular weight excluding hydrogens is 248 g/mol. The van der Waals surface area contributed by atoms with Crippen LogP contribution in [0.4, 0.5) is 0 Å². The van der Waals surface area contributed by atoms with Crippen molar-refractivity contribution in [2.75, 3.05) is 6.54 Å². The summed E-state index contributed by atoms with van der Waals surface area (Å²) < 4.78 is 0. The van der Waals surface area contributed by atoms with E-state index in [-0.39, 0.29) is 5.91 Å². The SMILES string of the molecule is CC(C)C1CCC(=O)N(Cc2cccc(C#N)c2)CC1. The van der Waals surface area contributed by atoms with E-state index in [2.05, 4.69) is 19.9 Å². The molecule has 1 atom stereocenters. The normalized spacial score (nSPS) is 19.8. The molecule has 1 fully saturated rings. The van der Waals surface area contributed by atoms with Crippen LogP contribution in [0.25, 0.3) is 0 Å². The second kappa shape index (κ2) is 6.56. The van der Waals surface area contributed by atoms with E-state index in [4.69, 9.17) is 5.26 Å². The van der Waals surface area contributed by atoms with E-state index in [1.54, 1.807) is 6.07 Å². The molecule has 1 amide bonds. The molecule has 20 heavy (non-hydrogen) atoms. The highest BCUT2D eigenvalue weighted by molar-refractivity contribution is 5.76. The number of hydrogen-bond acceptors (Lipinski definition) is 2. The predicted octanol–water partition coefficient (Wildman–Crippen LogP) is 3.34. The second-order valence-electron chi connectivity index (χ2n) is 5.96. The number of nitriles is 1. The van der Waals surface area contributed by atoms with E-state index < -0.39 is 0 Å². The molecule has 2 rings (SSSR count). The predicted molar refractivity (Wildman–Crippen MR) is 78.8 cm³/mol. The molecule has 0 aromatic heterocycles. The number of benzene rings is 1. The number of nitrogens with zero attached hydrogens (tertiary/aromatic N) is 2. The molecule has 1 aliphatic heterocycles. The third-order valence-corrected chi connectivity index (χ3v) is 4.22.